The van der Waals surface area contributed by atoms with Gasteiger partial charge in [0, 0.05) is 19.0 Å². The Balaban J connectivity index is 1.97. The van der Waals surface area contributed by atoms with E-state index in [0.717, 1.165) is 13.1 Å². The average molecular weight is 210 g/mol. The van der Waals surface area contributed by atoms with Crippen LogP contribution in [0.2, 0.25) is 0 Å². The third-order valence-corrected chi connectivity index (χ3v) is 4.28. The summed E-state index contributed by atoms with van der Waals surface area (Å²) in [6.07, 6.45) is 3.97. The van der Waals surface area contributed by atoms with E-state index in [9.17, 15) is 0 Å². The van der Waals surface area contributed by atoms with Crippen LogP contribution >= 0.6 is 11.3 Å². The Bertz CT molecular complexity index is 272. The van der Waals surface area contributed by atoms with E-state index in [2.05, 4.69) is 29.5 Å². The molecule has 1 aromatic rings. The van der Waals surface area contributed by atoms with Gasteiger partial charge in [-0.2, -0.15) is 0 Å². The maximum atomic E-state index is 5.85. The largest absolute Gasteiger partial charge is 0.366 e. The first-order valence-corrected chi connectivity index (χ1v) is 6.08. The first-order chi connectivity index (χ1) is 6.76. The van der Waals surface area contributed by atoms with Crippen molar-refractivity contribution in [2.75, 3.05) is 25.0 Å². The van der Waals surface area contributed by atoms with Crippen LogP contribution in [0.4, 0.5) is 5.00 Å². The fourth-order valence-electron chi connectivity index (χ4n) is 2.17. The molecule has 2 rings (SSSR count). The van der Waals surface area contributed by atoms with Crippen molar-refractivity contribution in [3.05, 3.63) is 17.5 Å². The quantitative estimate of drug-likeness (QED) is 0.826. The highest BCUT2D eigenvalue weighted by Crippen LogP contribution is 2.41. The molecule has 0 saturated heterocycles. The molecule has 1 aliphatic rings. The SMILES string of the molecule is CN(CC1(CN)CCC1)c1cccs1. The maximum Gasteiger partial charge on any atom is 0.0906 e. The molecule has 0 bridgehead atoms. The lowest BCUT2D eigenvalue weighted by molar-refractivity contribution is 0.154. The predicted octanol–water partition coefficient (Wildman–Crippen LogP) is 2.31. The van der Waals surface area contributed by atoms with E-state index in [4.69, 9.17) is 5.73 Å². The molecular weight excluding hydrogens is 192 g/mol. The molecular formula is C11H18N2S. The highest BCUT2D eigenvalue weighted by molar-refractivity contribution is 7.14. The lowest BCUT2D eigenvalue weighted by Gasteiger charge is -2.43. The van der Waals surface area contributed by atoms with E-state index in [0.29, 0.717) is 5.41 Å². The average Bonchev–Trinajstić information content (AvgIpc) is 2.63. The van der Waals surface area contributed by atoms with Crippen LogP contribution in [0, 0.1) is 5.41 Å². The summed E-state index contributed by atoms with van der Waals surface area (Å²) in [5, 5.41) is 3.48. The molecule has 0 atom stereocenters. The molecule has 1 aromatic heterocycles. The zero-order chi connectivity index (χ0) is 10.0. The number of nitrogens with zero attached hydrogens (tertiary/aromatic N) is 1. The van der Waals surface area contributed by atoms with Crippen LogP contribution in [-0.2, 0) is 0 Å². The van der Waals surface area contributed by atoms with Crippen LogP contribution < -0.4 is 10.6 Å². The maximum absolute atomic E-state index is 5.85. The molecule has 1 fully saturated rings. The minimum atomic E-state index is 0.415. The van der Waals surface area contributed by atoms with Gasteiger partial charge in [-0.1, -0.05) is 6.42 Å². The van der Waals surface area contributed by atoms with Gasteiger partial charge in [0.25, 0.3) is 0 Å². The van der Waals surface area contributed by atoms with E-state index < -0.39 is 0 Å². The first kappa shape index (κ1) is 9.99. The number of anilines is 1. The van der Waals surface area contributed by atoms with Crippen LogP contribution in [0.25, 0.3) is 0 Å². The van der Waals surface area contributed by atoms with Gasteiger partial charge in [0.05, 0.1) is 5.00 Å². The van der Waals surface area contributed by atoms with Crippen molar-refractivity contribution in [3.63, 3.8) is 0 Å². The van der Waals surface area contributed by atoms with Gasteiger partial charge in [0.1, 0.15) is 0 Å². The number of thiophene rings is 1. The topological polar surface area (TPSA) is 29.3 Å². The van der Waals surface area contributed by atoms with Crippen molar-refractivity contribution in [1.29, 1.82) is 0 Å². The molecule has 0 amide bonds. The molecule has 78 valence electrons. The van der Waals surface area contributed by atoms with Crippen molar-refractivity contribution >= 4 is 16.3 Å². The van der Waals surface area contributed by atoms with Crippen molar-refractivity contribution in [2.24, 2.45) is 11.1 Å². The fourth-order valence-corrected chi connectivity index (χ4v) is 2.87. The molecule has 1 aliphatic carbocycles. The van der Waals surface area contributed by atoms with Crippen molar-refractivity contribution < 1.29 is 0 Å². The fraction of sp³-hybridized carbons (Fsp3) is 0.636. The molecule has 1 heterocycles. The van der Waals surface area contributed by atoms with Gasteiger partial charge in [-0.3, -0.25) is 0 Å². The standard InChI is InChI=1S/C11H18N2S/c1-13(10-4-2-7-14-10)9-11(8-12)5-3-6-11/h2,4,7H,3,5-6,8-9,12H2,1H3. The Morgan fingerprint density at radius 2 is 2.36 bits per heavy atom. The molecule has 0 aliphatic heterocycles. The third-order valence-electron chi connectivity index (χ3n) is 3.30. The van der Waals surface area contributed by atoms with E-state index in [1.165, 1.54) is 24.3 Å². The van der Waals surface area contributed by atoms with Crippen LogP contribution in [0.1, 0.15) is 19.3 Å². The Kier molecular flexibility index (Phi) is 2.79. The second-order valence-electron chi connectivity index (χ2n) is 4.37. The van der Waals surface area contributed by atoms with E-state index in [1.54, 1.807) is 11.3 Å². The summed E-state index contributed by atoms with van der Waals surface area (Å²) in [5.74, 6) is 0. The molecule has 3 heteroatoms. The Labute approximate surface area is 89.7 Å². The van der Waals surface area contributed by atoms with Crippen molar-refractivity contribution in [2.45, 2.75) is 19.3 Å². The van der Waals surface area contributed by atoms with Crippen LogP contribution in [-0.4, -0.2) is 20.1 Å². The molecule has 1 saturated carbocycles. The number of hydrogen-bond donors (Lipinski definition) is 1. The second kappa shape index (κ2) is 3.91. The normalized spacial score (nSPS) is 19.0. The molecule has 0 aromatic carbocycles. The summed E-state index contributed by atoms with van der Waals surface area (Å²) in [6, 6.07) is 4.28. The minimum absolute atomic E-state index is 0.415. The number of hydrogen-bond acceptors (Lipinski definition) is 3. The van der Waals surface area contributed by atoms with Gasteiger partial charge in [0.15, 0.2) is 0 Å². The molecule has 0 spiro atoms. The summed E-state index contributed by atoms with van der Waals surface area (Å²) in [7, 11) is 2.17. The monoisotopic (exact) mass is 210 g/mol. The van der Waals surface area contributed by atoms with Gasteiger partial charge >= 0.3 is 0 Å². The van der Waals surface area contributed by atoms with Gasteiger partial charge < -0.3 is 10.6 Å². The lowest BCUT2D eigenvalue weighted by atomic mass is 9.68. The van der Waals surface area contributed by atoms with Crippen molar-refractivity contribution in [1.82, 2.24) is 0 Å². The number of rotatable bonds is 4. The Morgan fingerprint density at radius 1 is 1.57 bits per heavy atom. The van der Waals surface area contributed by atoms with E-state index in [-0.39, 0.29) is 0 Å². The minimum Gasteiger partial charge on any atom is -0.366 e. The predicted molar refractivity (Wildman–Crippen MR) is 62.9 cm³/mol. The zero-order valence-electron chi connectivity index (χ0n) is 8.70. The van der Waals surface area contributed by atoms with Crippen LogP contribution in [0.3, 0.4) is 0 Å². The van der Waals surface area contributed by atoms with Gasteiger partial charge in [-0.25, -0.2) is 0 Å². The smallest absolute Gasteiger partial charge is 0.0906 e. The zero-order valence-corrected chi connectivity index (χ0v) is 9.52. The molecule has 0 radical (unpaired) electrons. The molecule has 0 unspecified atom stereocenters. The van der Waals surface area contributed by atoms with Crippen LogP contribution in [0.15, 0.2) is 17.5 Å². The van der Waals surface area contributed by atoms with Gasteiger partial charge in [0.2, 0.25) is 0 Å². The highest BCUT2D eigenvalue weighted by Gasteiger charge is 2.36. The summed E-state index contributed by atoms with van der Waals surface area (Å²) in [4.78, 5) is 2.34. The Hall–Kier alpha value is -0.540. The lowest BCUT2D eigenvalue weighted by Crippen LogP contribution is -2.45. The summed E-state index contributed by atoms with van der Waals surface area (Å²) in [6.45, 7) is 1.95. The summed E-state index contributed by atoms with van der Waals surface area (Å²) < 4.78 is 0. The van der Waals surface area contributed by atoms with Crippen molar-refractivity contribution in [3.8, 4) is 0 Å². The summed E-state index contributed by atoms with van der Waals surface area (Å²) >= 11 is 1.80. The first-order valence-electron chi connectivity index (χ1n) is 5.20. The van der Waals surface area contributed by atoms with Crippen LogP contribution in [0.5, 0.6) is 0 Å². The number of nitrogens with two attached hydrogens (primary N) is 1. The molecule has 14 heavy (non-hydrogen) atoms. The highest BCUT2D eigenvalue weighted by atomic mass is 32.1. The molecule has 2 N–H and O–H groups in total. The van der Waals surface area contributed by atoms with Gasteiger partial charge in [-0.15, -0.1) is 11.3 Å². The second-order valence-corrected chi connectivity index (χ2v) is 5.29. The van der Waals surface area contributed by atoms with E-state index in [1.807, 2.05) is 0 Å². The summed E-state index contributed by atoms with van der Waals surface area (Å²) in [5.41, 5.74) is 6.26. The Morgan fingerprint density at radius 3 is 2.79 bits per heavy atom. The third kappa shape index (κ3) is 1.79. The molecule has 2 nitrogen and oxygen atoms in total. The van der Waals surface area contributed by atoms with E-state index >= 15 is 0 Å². The van der Waals surface area contributed by atoms with Gasteiger partial charge in [-0.05, 0) is 36.9 Å².